The van der Waals surface area contributed by atoms with Crippen molar-refractivity contribution in [2.24, 2.45) is 0 Å². The summed E-state index contributed by atoms with van der Waals surface area (Å²) in [5.74, 6) is 0.924. The van der Waals surface area contributed by atoms with Crippen LogP contribution in [0, 0.1) is 0 Å². The van der Waals surface area contributed by atoms with Gasteiger partial charge in [-0.1, -0.05) is 0 Å². The normalized spacial score (nSPS) is 9.30. The zero-order valence-electron chi connectivity index (χ0n) is 5.70. The van der Waals surface area contributed by atoms with Crippen molar-refractivity contribution in [2.45, 2.75) is 0 Å². The molecule has 3 heteroatoms. The van der Waals surface area contributed by atoms with Gasteiger partial charge in [-0.2, -0.15) is 0 Å². The molecule has 2 radical (unpaired) electrons. The van der Waals surface area contributed by atoms with Crippen molar-refractivity contribution < 1.29 is 5.37 Å². The Kier molecular flexibility index (Phi) is 3.74. The third kappa shape index (κ3) is 2.66. The molecule has 0 saturated heterocycles. The predicted molar refractivity (Wildman–Crippen MR) is 39.8 cm³/mol. The Morgan fingerprint density at radius 1 is 1.20 bits per heavy atom. The quantitative estimate of drug-likeness (QED) is 0.776. The monoisotopic (exact) mass is 332 g/mol. The Morgan fingerprint density at radius 2 is 1.90 bits per heavy atom. The van der Waals surface area contributed by atoms with Gasteiger partial charge in [-0.3, -0.25) is 0 Å². The van der Waals surface area contributed by atoms with Crippen molar-refractivity contribution in [1.82, 2.24) is 0 Å². The first-order valence-electron chi connectivity index (χ1n) is 2.93. The van der Waals surface area contributed by atoms with E-state index in [1.165, 1.54) is 0 Å². The predicted octanol–water partition coefficient (Wildman–Crippen LogP) is 1.25. The van der Waals surface area contributed by atoms with Crippen molar-refractivity contribution in [3.8, 4) is 5.75 Å². The molecule has 1 aromatic rings. The van der Waals surface area contributed by atoms with Crippen LogP contribution in [0.15, 0.2) is 30.3 Å². The van der Waals surface area contributed by atoms with Crippen LogP contribution in [0.4, 0.5) is 0 Å². The summed E-state index contributed by atoms with van der Waals surface area (Å²) >= 11 is -1.21. The van der Waals surface area contributed by atoms with Crippen LogP contribution in [-0.2, 0) is 2.69 Å². The van der Waals surface area contributed by atoms with Crippen molar-refractivity contribution in [1.29, 1.82) is 0 Å². The van der Waals surface area contributed by atoms with Gasteiger partial charge in [0.1, 0.15) is 0 Å². The fourth-order valence-electron chi connectivity index (χ4n) is 0.578. The molecule has 0 bridgehead atoms. The van der Waals surface area contributed by atoms with Crippen LogP contribution in [0.2, 0.25) is 0 Å². The van der Waals surface area contributed by atoms with Crippen LogP contribution >= 0.6 is 0 Å². The summed E-state index contributed by atoms with van der Waals surface area (Å²) in [6, 6.07) is 9.74. The first-order valence-corrected chi connectivity index (χ1v) is 6.11. The molecule has 1 aromatic carbocycles. The number of rotatable bonds is 3. The second-order valence-corrected chi connectivity index (χ2v) is 4.73. The van der Waals surface area contributed by atoms with Gasteiger partial charge in [0.05, 0.1) is 0 Å². The molecule has 0 amide bonds. The fourth-order valence-corrected chi connectivity index (χ4v) is 1.81. The van der Waals surface area contributed by atoms with Crippen molar-refractivity contribution in [2.75, 3.05) is 7.11 Å². The summed E-state index contributed by atoms with van der Waals surface area (Å²) in [6.07, 6.45) is 0. The molecule has 0 aliphatic carbocycles. The summed E-state index contributed by atoms with van der Waals surface area (Å²) in [4.78, 5) is 0. The third-order valence-electron chi connectivity index (χ3n) is 0.986. The molecule has 0 saturated carbocycles. The molecule has 0 fully saturated rings. The van der Waals surface area contributed by atoms with Crippen LogP contribution in [0.3, 0.4) is 0 Å². The average molecular weight is 331 g/mol. The van der Waals surface area contributed by atoms with Crippen LogP contribution in [0.25, 0.3) is 0 Å². The Balaban J connectivity index is 2.43. The summed E-state index contributed by atoms with van der Waals surface area (Å²) in [5.41, 5.74) is 0. The molecule has 0 aliphatic heterocycles. The van der Waals surface area contributed by atoms with Crippen LogP contribution in [0.5, 0.6) is 5.75 Å². The van der Waals surface area contributed by atoms with Crippen LogP contribution in [0.1, 0.15) is 0 Å². The maximum atomic E-state index is 5.33. The van der Waals surface area contributed by atoms with Crippen LogP contribution < -0.4 is 2.69 Å². The Hall–Kier alpha value is -0.0979. The number of hydrogen-bond donors (Lipinski definition) is 0. The molecular formula is C7H8O2Pb. The van der Waals surface area contributed by atoms with E-state index in [0.717, 1.165) is 5.75 Å². The molecule has 2 nitrogen and oxygen atoms in total. The maximum absolute atomic E-state index is 5.33. The van der Waals surface area contributed by atoms with Gasteiger partial charge in [-0.15, -0.1) is 0 Å². The zero-order chi connectivity index (χ0) is 7.23. The van der Waals surface area contributed by atoms with Gasteiger partial charge in [0.15, 0.2) is 0 Å². The topological polar surface area (TPSA) is 18.5 Å². The molecular weight excluding hydrogens is 323 g/mol. The van der Waals surface area contributed by atoms with Crippen molar-refractivity contribution in [3.05, 3.63) is 30.3 Å². The fraction of sp³-hybridized carbons (Fsp3) is 0.143. The zero-order valence-corrected chi connectivity index (χ0v) is 9.59. The summed E-state index contributed by atoms with van der Waals surface area (Å²) in [5, 5.41) is 0. The van der Waals surface area contributed by atoms with Crippen LogP contribution in [-0.4, -0.2) is 32.3 Å². The van der Waals surface area contributed by atoms with Crippen molar-refractivity contribution in [3.63, 3.8) is 0 Å². The molecule has 0 heterocycles. The van der Waals surface area contributed by atoms with Gasteiger partial charge in [0.25, 0.3) is 0 Å². The SMILES string of the molecule is C[O][Pb][O]c1ccccc1. The summed E-state index contributed by atoms with van der Waals surface area (Å²) < 4.78 is 10.2. The van der Waals surface area contributed by atoms with E-state index in [0.29, 0.717) is 0 Å². The first-order chi connectivity index (χ1) is 4.93. The second kappa shape index (κ2) is 4.68. The Labute approximate surface area is 73.7 Å². The molecule has 1 rings (SSSR count). The van der Waals surface area contributed by atoms with Gasteiger partial charge in [-0.25, -0.2) is 0 Å². The molecule has 0 N–H and O–H groups in total. The molecule has 0 aromatic heterocycles. The van der Waals surface area contributed by atoms with Gasteiger partial charge >= 0.3 is 73.7 Å². The van der Waals surface area contributed by atoms with E-state index < -0.39 is 25.1 Å². The van der Waals surface area contributed by atoms with E-state index >= 15 is 0 Å². The van der Waals surface area contributed by atoms with E-state index in [9.17, 15) is 0 Å². The minimum atomic E-state index is -1.21. The van der Waals surface area contributed by atoms with Gasteiger partial charge in [0.2, 0.25) is 0 Å². The van der Waals surface area contributed by atoms with Crippen molar-refractivity contribution >= 4 is 25.1 Å². The Bertz CT molecular complexity index is 176. The number of para-hydroxylation sites is 1. The van der Waals surface area contributed by atoms with Gasteiger partial charge in [-0.05, 0) is 0 Å². The first kappa shape index (κ1) is 8.00. The third-order valence-corrected chi connectivity index (χ3v) is 2.87. The molecule has 52 valence electrons. The molecule has 0 aliphatic rings. The van der Waals surface area contributed by atoms with E-state index in [1.54, 1.807) is 7.11 Å². The van der Waals surface area contributed by atoms with E-state index in [1.807, 2.05) is 30.3 Å². The molecule has 0 atom stereocenters. The molecule has 10 heavy (non-hydrogen) atoms. The van der Waals surface area contributed by atoms with Gasteiger partial charge in [0, 0.05) is 0 Å². The molecule has 0 unspecified atom stereocenters. The average Bonchev–Trinajstić information content (AvgIpc) is 2.03. The minimum absolute atomic E-state index is 0.924. The van der Waals surface area contributed by atoms with Gasteiger partial charge < -0.3 is 0 Å². The van der Waals surface area contributed by atoms with E-state index in [-0.39, 0.29) is 0 Å². The summed E-state index contributed by atoms with van der Waals surface area (Å²) in [6.45, 7) is 0. The number of hydrogen-bond acceptors (Lipinski definition) is 2. The number of benzene rings is 1. The van der Waals surface area contributed by atoms with E-state index in [4.69, 9.17) is 5.37 Å². The standard InChI is InChI=1S/C6H6O.CH3O.Pb/c7-6-4-2-1-3-5-6;1-2;/h1-5,7H;1H3;/q;-1;+2/p-1. The summed E-state index contributed by atoms with van der Waals surface area (Å²) in [7, 11) is 1.69. The Morgan fingerprint density at radius 3 is 2.50 bits per heavy atom. The second-order valence-electron chi connectivity index (χ2n) is 1.70. The molecule has 0 spiro atoms. The van der Waals surface area contributed by atoms with E-state index in [2.05, 4.69) is 0 Å².